The number of hydrogen-bond acceptors (Lipinski definition) is 5. The fourth-order valence-electron chi connectivity index (χ4n) is 1.06. The molecule has 0 aliphatic heterocycles. The number of anilines is 1. The molecule has 1 rings (SSSR count). The molecule has 1 aromatic heterocycles. The van der Waals surface area contributed by atoms with Crippen LogP contribution in [0.5, 0.6) is 5.88 Å². The molecule has 3 N–H and O–H groups in total. The number of amides is 1. The normalized spacial score (nSPS) is 10.2. The van der Waals surface area contributed by atoms with Gasteiger partial charge in [-0.1, -0.05) is 0 Å². The van der Waals surface area contributed by atoms with Crippen molar-refractivity contribution in [2.45, 2.75) is 26.4 Å². The van der Waals surface area contributed by atoms with E-state index in [1.807, 2.05) is 13.8 Å². The van der Waals surface area contributed by atoms with Crippen LogP contribution in [0.4, 0.5) is 5.82 Å². The van der Waals surface area contributed by atoms with E-state index in [1.54, 1.807) is 6.07 Å². The number of nitrogens with zero attached hydrogens (tertiary/aromatic N) is 2. The Morgan fingerprint density at radius 2 is 2.31 bits per heavy atom. The van der Waals surface area contributed by atoms with Gasteiger partial charge in [-0.2, -0.15) is 0 Å². The topological polar surface area (TPSA) is 90.1 Å². The van der Waals surface area contributed by atoms with Crippen LogP contribution in [0.15, 0.2) is 12.4 Å². The number of carbonyl (C=O) groups is 1. The van der Waals surface area contributed by atoms with Gasteiger partial charge in [0.2, 0.25) is 11.8 Å². The first-order valence-corrected chi connectivity index (χ1v) is 5.09. The number of carbonyl (C=O) groups excluding carboxylic acids is 1. The van der Waals surface area contributed by atoms with Crippen molar-refractivity contribution in [1.29, 1.82) is 0 Å². The third kappa shape index (κ3) is 4.59. The van der Waals surface area contributed by atoms with Gasteiger partial charge in [0.05, 0.1) is 6.10 Å². The molecule has 0 atom stereocenters. The monoisotopic (exact) mass is 224 g/mol. The Balaban J connectivity index is 2.50. The van der Waals surface area contributed by atoms with Crippen molar-refractivity contribution in [3.05, 3.63) is 12.4 Å². The summed E-state index contributed by atoms with van der Waals surface area (Å²) in [6.07, 6.45) is 1.74. The summed E-state index contributed by atoms with van der Waals surface area (Å²) in [7, 11) is 0. The number of nitrogens with two attached hydrogens (primary N) is 1. The molecule has 1 heterocycles. The Labute approximate surface area is 94.2 Å². The van der Waals surface area contributed by atoms with Crippen LogP contribution < -0.4 is 15.8 Å². The Morgan fingerprint density at radius 3 is 2.94 bits per heavy atom. The fourth-order valence-corrected chi connectivity index (χ4v) is 1.06. The van der Waals surface area contributed by atoms with Gasteiger partial charge in [-0.3, -0.25) is 4.79 Å². The highest BCUT2D eigenvalue weighted by atomic mass is 16.5. The smallest absolute Gasteiger partial charge is 0.219 e. The number of nitrogens with one attached hydrogen (secondary N) is 1. The van der Waals surface area contributed by atoms with Crippen LogP contribution in [0.25, 0.3) is 0 Å². The van der Waals surface area contributed by atoms with Crippen LogP contribution in [-0.2, 0) is 4.79 Å². The first-order chi connectivity index (χ1) is 7.58. The zero-order chi connectivity index (χ0) is 12.0. The summed E-state index contributed by atoms with van der Waals surface area (Å²) in [6.45, 7) is 4.29. The van der Waals surface area contributed by atoms with Crippen molar-refractivity contribution >= 4 is 11.7 Å². The van der Waals surface area contributed by atoms with Crippen LogP contribution in [0.3, 0.4) is 0 Å². The number of aromatic nitrogens is 2. The van der Waals surface area contributed by atoms with Crippen molar-refractivity contribution in [3.63, 3.8) is 0 Å². The molecule has 0 saturated heterocycles. The second-order valence-electron chi connectivity index (χ2n) is 3.55. The maximum absolute atomic E-state index is 10.5. The lowest BCUT2D eigenvalue weighted by atomic mass is 10.4. The van der Waals surface area contributed by atoms with Gasteiger partial charge in [0.1, 0.15) is 12.1 Å². The average Bonchev–Trinajstić information content (AvgIpc) is 2.16. The number of rotatable bonds is 6. The first-order valence-electron chi connectivity index (χ1n) is 5.09. The Morgan fingerprint density at radius 1 is 1.56 bits per heavy atom. The molecule has 6 nitrogen and oxygen atoms in total. The molecule has 0 radical (unpaired) electrons. The molecule has 88 valence electrons. The van der Waals surface area contributed by atoms with Gasteiger partial charge < -0.3 is 15.8 Å². The summed E-state index contributed by atoms with van der Waals surface area (Å²) in [6, 6.07) is 1.68. The second-order valence-corrected chi connectivity index (χ2v) is 3.55. The van der Waals surface area contributed by atoms with Gasteiger partial charge in [0.25, 0.3) is 0 Å². The van der Waals surface area contributed by atoms with Crippen molar-refractivity contribution < 1.29 is 9.53 Å². The Bertz CT molecular complexity index is 354. The summed E-state index contributed by atoms with van der Waals surface area (Å²) in [5, 5.41) is 2.96. The number of primary amides is 1. The van der Waals surface area contributed by atoms with Gasteiger partial charge in [-0.15, -0.1) is 0 Å². The molecule has 1 aromatic rings. The predicted octanol–water partition coefficient (Wildman–Crippen LogP) is 0.551. The highest BCUT2D eigenvalue weighted by molar-refractivity contribution is 5.74. The minimum atomic E-state index is -0.347. The van der Waals surface area contributed by atoms with Crippen LogP contribution in [0.2, 0.25) is 0 Å². The molecular weight excluding hydrogens is 208 g/mol. The van der Waals surface area contributed by atoms with E-state index in [-0.39, 0.29) is 18.4 Å². The molecule has 0 fully saturated rings. The summed E-state index contributed by atoms with van der Waals surface area (Å²) >= 11 is 0. The lowest BCUT2D eigenvalue weighted by Crippen LogP contribution is -2.16. The summed E-state index contributed by atoms with van der Waals surface area (Å²) < 4.78 is 5.40. The van der Waals surface area contributed by atoms with Crippen molar-refractivity contribution in [2.75, 3.05) is 11.9 Å². The molecular formula is C10H16N4O2. The van der Waals surface area contributed by atoms with E-state index in [9.17, 15) is 4.79 Å². The largest absolute Gasteiger partial charge is 0.475 e. The van der Waals surface area contributed by atoms with Crippen LogP contribution in [0.1, 0.15) is 20.3 Å². The summed E-state index contributed by atoms with van der Waals surface area (Å²) in [5.41, 5.74) is 5.02. The van der Waals surface area contributed by atoms with Gasteiger partial charge in [-0.25, -0.2) is 9.97 Å². The molecule has 6 heteroatoms. The Hall–Kier alpha value is -1.85. The van der Waals surface area contributed by atoms with Crippen LogP contribution in [0, 0.1) is 0 Å². The third-order valence-corrected chi connectivity index (χ3v) is 1.68. The second kappa shape index (κ2) is 5.89. The molecule has 1 amide bonds. The van der Waals surface area contributed by atoms with E-state index in [0.717, 1.165) is 0 Å². The molecule has 0 bridgehead atoms. The standard InChI is InChI=1S/C10H16N4O2/c1-7(2)16-10-5-9(13-6-14-10)12-4-3-8(11)15/h5-7H,3-4H2,1-2H3,(H2,11,15)(H,12,13,14). The number of ether oxygens (including phenoxy) is 1. The predicted molar refractivity (Wildman–Crippen MR) is 60.1 cm³/mol. The fraction of sp³-hybridized carbons (Fsp3) is 0.500. The van der Waals surface area contributed by atoms with E-state index >= 15 is 0 Å². The van der Waals surface area contributed by atoms with Gasteiger partial charge in [0.15, 0.2) is 0 Å². The third-order valence-electron chi connectivity index (χ3n) is 1.68. The van der Waals surface area contributed by atoms with E-state index in [2.05, 4.69) is 15.3 Å². The van der Waals surface area contributed by atoms with Crippen LogP contribution >= 0.6 is 0 Å². The summed E-state index contributed by atoms with van der Waals surface area (Å²) in [5.74, 6) is 0.777. The average molecular weight is 224 g/mol. The number of hydrogen-bond donors (Lipinski definition) is 2. The molecule has 0 aromatic carbocycles. The lowest BCUT2D eigenvalue weighted by Gasteiger charge is -2.09. The quantitative estimate of drug-likeness (QED) is 0.736. The lowest BCUT2D eigenvalue weighted by molar-refractivity contribution is -0.117. The molecule has 16 heavy (non-hydrogen) atoms. The van der Waals surface area contributed by atoms with Crippen molar-refractivity contribution in [2.24, 2.45) is 5.73 Å². The van der Waals surface area contributed by atoms with Gasteiger partial charge in [-0.05, 0) is 13.8 Å². The molecule has 0 aliphatic rings. The summed E-state index contributed by atoms with van der Waals surface area (Å²) in [4.78, 5) is 18.5. The zero-order valence-corrected chi connectivity index (χ0v) is 9.43. The van der Waals surface area contributed by atoms with E-state index in [4.69, 9.17) is 10.5 Å². The van der Waals surface area contributed by atoms with Crippen molar-refractivity contribution in [3.8, 4) is 5.88 Å². The highest BCUT2D eigenvalue weighted by Gasteiger charge is 2.02. The van der Waals surface area contributed by atoms with Crippen molar-refractivity contribution in [1.82, 2.24) is 9.97 Å². The zero-order valence-electron chi connectivity index (χ0n) is 9.43. The van der Waals surface area contributed by atoms with Gasteiger partial charge in [0, 0.05) is 19.0 Å². The first kappa shape index (κ1) is 12.2. The molecule has 0 saturated carbocycles. The van der Waals surface area contributed by atoms with Crippen LogP contribution in [-0.4, -0.2) is 28.5 Å². The SMILES string of the molecule is CC(C)Oc1cc(NCCC(N)=O)ncn1. The Kier molecular flexibility index (Phi) is 4.50. The molecule has 0 unspecified atom stereocenters. The molecule has 0 spiro atoms. The maximum atomic E-state index is 10.5. The minimum absolute atomic E-state index is 0.0633. The minimum Gasteiger partial charge on any atom is -0.475 e. The van der Waals surface area contributed by atoms with E-state index < -0.39 is 0 Å². The maximum Gasteiger partial charge on any atom is 0.219 e. The highest BCUT2D eigenvalue weighted by Crippen LogP contribution is 2.12. The van der Waals surface area contributed by atoms with Gasteiger partial charge >= 0.3 is 0 Å². The molecule has 0 aliphatic carbocycles. The van der Waals surface area contributed by atoms with E-state index in [0.29, 0.717) is 18.2 Å². The van der Waals surface area contributed by atoms with E-state index in [1.165, 1.54) is 6.33 Å².